The van der Waals surface area contributed by atoms with Crippen molar-refractivity contribution in [3.05, 3.63) is 30.5 Å². The molecule has 0 atom stereocenters. The van der Waals surface area contributed by atoms with Crippen LogP contribution in [0.4, 0.5) is 0 Å². The van der Waals surface area contributed by atoms with Gasteiger partial charge in [-0.05, 0) is 0 Å². The van der Waals surface area contributed by atoms with Crippen molar-refractivity contribution in [2.75, 3.05) is 0 Å². The standard InChI is InChI=1S/C8H6N.Ni/c1-2-4-8-7(3-1)5-6-9-8;/h1-4,6,9H;. The predicted octanol–water partition coefficient (Wildman–Crippen LogP) is 1.34. The maximum absolute atomic E-state index is 4.76. The third-order valence-electron chi connectivity index (χ3n) is 1.51. The second-order valence-corrected chi connectivity index (χ2v) is 2.68. The number of benzene rings is 1. The summed E-state index contributed by atoms with van der Waals surface area (Å²) in [5.41, 5.74) is 1.13. The van der Waals surface area contributed by atoms with Crippen molar-refractivity contribution in [2.45, 2.75) is 0 Å². The Morgan fingerprint density at radius 2 is 2.00 bits per heavy atom. The molecule has 0 fully saturated rings. The van der Waals surface area contributed by atoms with Gasteiger partial charge in [0.15, 0.2) is 0 Å². The molecule has 0 radical (unpaired) electrons. The molecule has 0 aliphatic carbocycles. The Balaban J connectivity index is 2.93. The molecule has 0 spiro atoms. The molecule has 0 amide bonds. The van der Waals surface area contributed by atoms with Gasteiger partial charge in [0.2, 0.25) is 0 Å². The zero-order valence-electron chi connectivity index (χ0n) is 5.20. The first-order chi connectivity index (χ1) is 4.88. The first-order valence-electron chi connectivity index (χ1n) is 3.06. The van der Waals surface area contributed by atoms with Crippen LogP contribution in [-0.4, -0.2) is 4.98 Å². The van der Waals surface area contributed by atoms with Gasteiger partial charge in [0.1, 0.15) is 0 Å². The Labute approximate surface area is 66.8 Å². The van der Waals surface area contributed by atoms with Gasteiger partial charge >= 0.3 is 66.3 Å². The van der Waals surface area contributed by atoms with Gasteiger partial charge in [0.25, 0.3) is 0 Å². The molecular weight excluding hydrogens is 169 g/mol. The van der Waals surface area contributed by atoms with Crippen LogP contribution in [0.25, 0.3) is 10.9 Å². The summed E-state index contributed by atoms with van der Waals surface area (Å²) < 4.78 is 0.940. The Kier molecular flexibility index (Phi) is 1.28. The third-order valence-corrected chi connectivity index (χ3v) is 1.92. The minimum atomic E-state index is 0.940. The van der Waals surface area contributed by atoms with E-state index in [1.54, 1.807) is 0 Å². The van der Waals surface area contributed by atoms with E-state index in [0.29, 0.717) is 0 Å². The number of fused-ring (bicyclic) bond motifs is 1. The van der Waals surface area contributed by atoms with Crippen LogP contribution in [0.2, 0.25) is 0 Å². The molecule has 0 unspecified atom stereocenters. The first kappa shape index (κ1) is 6.00. The number of hydrogen-bond acceptors (Lipinski definition) is 0. The number of aromatic nitrogens is 1. The number of para-hydroxylation sites is 1. The molecule has 53 valence electrons. The van der Waals surface area contributed by atoms with E-state index in [9.17, 15) is 0 Å². The van der Waals surface area contributed by atoms with Crippen molar-refractivity contribution in [2.24, 2.45) is 0 Å². The van der Waals surface area contributed by atoms with E-state index in [1.807, 2.05) is 30.5 Å². The molecule has 0 bridgehead atoms. The molecule has 10 heavy (non-hydrogen) atoms. The molecule has 1 aromatic carbocycles. The molecule has 1 nitrogen and oxygen atoms in total. The SMILES string of the molecule is [Ni][c]1c[nH]c2ccccc12. The molecule has 2 aromatic rings. The third kappa shape index (κ3) is 0.765. The van der Waals surface area contributed by atoms with Crippen LogP contribution in [0.3, 0.4) is 0 Å². The summed E-state index contributed by atoms with van der Waals surface area (Å²) in [6.45, 7) is 0. The number of rotatable bonds is 0. The van der Waals surface area contributed by atoms with E-state index in [0.717, 1.165) is 15.4 Å². The molecule has 0 aliphatic rings. The zero-order valence-corrected chi connectivity index (χ0v) is 6.19. The fourth-order valence-corrected chi connectivity index (χ4v) is 1.30. The van der Waals surface area contributed by atoms with E-state index < -0.39 is 0 Å². The Morgan fingerprint density at radius 3 is 2.80 bits per heavy atom. The van der Waals surface area contributed by atoms with E-state index in [1.165, 1.54) is 0 Å². The summed E-state index contributed by atoms with van der Waals surface area (Å²) in [4.78, 5) is 3.09. The number of H-pyrrole nitrogens is 1. The van der Waals surface area contributed by atoms with Crippen molar-refractivity contribution in [1.82, 2.24) is 4.98 Å². The number of hydrogen-bond donors (Lipinski definition) is 1. The average Bonchev–Trinajstić information content (AvgIpc) is 2.34. The van der Waals surface area contributed by atoms with Crippen LogP contribution in [0, 0.1) is 0 Å². The maximum atomic E-state index is 4.76. The Morgan fingerprint density at radius 1 is 1.20 bits per heavy atom. The van der Waals surface area contributed by atoms with Crippen molar-refractivity contribution >= 4 is 15.4 Å². The Bertz CT molecular complexity index is 351. The second-order valence-electron chi connectivity index (χ2n) is 2.15. The van der Waals surface area contributed by atoms with Crippen molar-refractivity contribution in [3.8, 4) is 0 Å². The quantitative estimate of drug-likeness (QED) is 0.581. The van der Waals surface area contributed by atoms with E-state index in [2.05, 4.69) is 4.98 Å². The van der Waals surface area contributed by atoms with Gasteiger partial charge in [0.05, 0.1) is 0 Å². The number of nitrogens with one attached hydrogen (secondary N) is 1. The Hall–Kier alpha value is -0.746. The molecule has 1 aromatic heterocycles. The molecule has 0 saturated heterocycles. The van der Waals surface area contributed by atoms with E-state index in [4.69, 9.17) is 15.5 Å². The average molecular weight is 175 g/mol. The summed E-state index contributed by atoms with van der Waals surface area (Å²) in [6.07, 6.45) is 1.87. The zero-order chi connectivity index (χ0) is 6.97. The van der Waals surface area contributed by atoms with Gasteiger partial charge in [0, 0.05) is 0 Å². The fraction of sp³-hybridized carbons (Fsp3) is 0. The van der Waals surface area contributed by atoms with Crippen LogP contribution in [0.1, 0.15) is 0 Å². The second kappa shape index (κ2) is 2.14. The number of aromatic amines is 1. The van der Waals surface area contributed by atoms with Crippen LogP contribution in [0.5, 0.6) is 0 Å². The van der Waals surface area contributed by atoms with Gasteiger partial charge in [-0.15, -0.1) is 0 Å². The summed E-state index contributed by atoms with van der Waals surface area (Å²) in [6, 6.07) is 8.06. The predicted molar refractivity (Wildman–Crippen MR) is 37.9 cm³/mol. The molecule has 1 heterocycles. The molecule has 0 aliphatic heterocycles. The molecule has 2 heteroatoms. The van der Waals surface area contributed by atoms with Crippen LogP contribution in [0.15, 0.2) is 30.5 Å². The van der Waals surface area contributed by atoms with Gasteiger partial charge < -0.3 is 0 Å². The normalized spacial score (nSPS) is 10.6. The molecule has 2 rings (SSSR count). The van der Waals surface area contributed by atoms with E-state index >= 15 is 0 Å². The molecule has 1 N–H and O–H groups in total. The van der Waals surface area contributed by atoms with Crippen molar-refractivity contribution in [1.29, 1.82) is 0 Å². The topological polar surface area (TPSA) is 15.8 Å². The van der Waals surface area contributed by atoms with Crippen LogP contribution >= 0.6 is 0 Å². The first-order valence-corrected chi connectivity index (χ1v) is 3.56. The molecular formula is C8H6NNi. The van der Waals surface area contributed by atoms with Gasteiger partial charge in [-0.1, -0.05) is 0 Å². The summed E-state index contributed by atoms with van der Waals surface area (Å²) in [5, 5.41) is 1.16. The van der Waals surface area contributed by atoms with Crippen LogP contribution in [-0.2, 0) is 15.5 Å². The molecule has 0 saturated carbocycles. The summed E-state index contributed by atoms with van der Waals surface area (Å²) in [5.74, 6) is 0. The monoisotopic (exact) mass is 174 g/mol. The fourth-order valence-electron chi connectivity index (χ4n) is 1.02. The summed E-state index contributed by atoms with van der Waals surface area (Å²) in [7, 11) is 0. The van der Waals surface area contributed by atoms with Crippen molar-refractivity contribution in [3.63, 3.8) is 0 Å². The van der Waals surface area contributed by atoms with Gasteiger partial charge in [-0.3, -0.25) is 0 Å². The van der Waals surface area contributed by atoms with Crippen LogP contribution < -0.4 is 4.53 Å². The van der Waals surface area contributed by atoms with Gasteiger partial charge in [-0.2, -0.15) is 0 Å². The van der Waals surface area contributed by atoms with E-state index in [-0.39, 0.29) is 0 Å². The van der Waals surface area contributed by atoms with Crippen molar-refractivity contribution < 1.29 is 15.5 Å². The summed E-state index contributed by atoms with van der Waals surface area (Å²) >= 11 is 4.76. The minimum absolute atomic E-state index is 0.940. The van der Waals surface area contributed by atoms with Gasteiger partial charge in [-0.25, -0.2) is 0 Å².